The molecule has 1 amide bonds. The van der Waals surface area contributed by atoms with E-state index in [2.05, 4.69) is 5.32 Å². The van der Waals surface area contributed by atoms with Crippen molar-refractivity contribution >= 4 is 17.6 Å². The summed E-state index contributed by atoms with van der Waals surface area (Å²) >= 11 is 0. The van der Waals surface area contributed by atoms with E-state index in [9.17, 15) is 9.59 Å². The van der Waals surface area contributed by atoms with Crippen LogP contribution in [-0.2, 0) is 14.3 Å². The second-order valence-electron chi connectivity index (χ2n) is 5.55. The highest BCUT2D eigenvalue weighted by Gasteiger charge is 2.11. The second-order valence-corrected chi connectivity index (χ2v) is 5.55. The number of rotatable bonds is 7. The van der Waals surface area contributed by atoms with Crippen molar-refractivity contribution < 1.29 is 19.1 Å². The average Bonchev–Trinajstić information content (AvgIpc) is 2.59. The maximum Gasteiger partial charge on any atom is 0.344 e. The molecule has 5 nitrogen and oxygen atoms in total. The summed E-state index contributed by atoms with van der Waals surface area (Å²) in [6.45, 7) is 3.52. The maximum atomic E-state index is 11.9. The van der Waals surface area contributed by atoms with Crippen LogP contribution in [0.4, 0.5) is 5.69 Å². The molecule has 126 valence electrons. The fourth-order valence-corrected chi connectivity index (χ4v) is 2.15. The zero-order chi connectivity index (χ0) is 17.4. The number of carbonyl (C=O) groups excluding carboxylic acids is 2. The molecule has 1 N–H and O–H groups in total. The van der Waals surface area contributed by atoms with E-state index >= 15 is 0 Å². The first-order chi connectivity index (χ1) is 11.6. The Morgan fingerprint density at radius 1 is 0.958 bits per heavy atom. The molecule has 0 aliphatic heterocycles. The largest absolute Gasteiger partial charge is 0.482 e. The molecule has 2 aromatic rings. The van der Waals surface area contributed by atoms with Gasteiger partial charge < -0.3 is 14.8 Å². The molecule has 0 unspecified atom stereocenters. The number of benzene rings is 2. The topological polar surface area (TPSA) is 64.6 Å². The molecule has 24 heavy (non-hydrogen) atoms. The van der Waals surface area contributed by atoms with Crippen molar-refractivity contribution in [2.24, 2.45) is 0 Å². The Morgan fingerprint density at radius 2 is 1.62 bits per heavy atom. The highest BCUT2D eigenvalue weighted by atomic mass is 16.6. The van der Waals surface area contributed by atoms with Gasteiger partial charge in [0.05, 0.1) is 0 Å². The minimum atomic E-state index is -0.592. The molecule has 0 heterocycles. The SMILES string of the molecule is CC(C)c1ccccc1NC(=O)COC(=O)COc1ccccc1. The van der Waals surface area contributed by atoms with Gasteiger partial charge in [0.25, 0.3) is 5.91 Å². The molecule has 0 aromatic heterocycles. The molecule has 0 radical (unpaired) electrons. The van der Waals surface area contributed by atoms with Gasteiger partial charge in [0.15, 0.2) is 13.2 Å². The van der Waals surface area contributed by atoms with Gasteiger partial charge in [-0.05, 0) is 29.7 Å². The van der Waals surface area contributed by atoms with Crippen molar-refractivity contribution in [1.29, 1.82) is 0 Å². The Hall–Kier alpha value is -2.82. The molecule has 2 aromatic carbocycles. The Balaban J connectivity index is 1.78. The van der Waals surface area contributed by atoms with E-state index in [1.54, 1.807) is 24.3 Å². The van der Waals surface area contributed by atoms with E-state index in [1.165, 1.54) is 0 Å². The van der Waals surface area contributed by atoms with Crippen molar-refractivity contribution in [3.05, 3.63) is 60.2 Å². The van der Waals surface area contributed by atoms with E-state index < -0.39 is 5.97 Å². The molecule has 0 aliphatic rings. The van der Waals surface area contributed by atoms with Gasteiger partial charge in [-0.25, -0.2) is 4.79 Å². The van der Waals surface area contributed by atoms with Crippen LogP contribution < -0.4 is 10.1 Å². The predicted octanol–water partition coefficient (Wildman–Crippen LogP) is 3.37. The number of esters is 1. The molecular formula is C19H21NO4. The fourth-order valence-electron chi connectivity index (χ4n) is 2.15. The molecule has 0 aliphatic carbocycles. The van der Waals surface area contributed by atoms with Crippen molar-refractivity contribution in [2.45, 2.75) is 19.8 Å². The van der Waals surface area contributed by atoms with Gasteiger partial charge in [-0.15, -0.1) is 0 Å². The number of para-hydroxylation sites is 2. The zero-order valence-electron chi connectivity index (χ0n) is 13.8. The lowest BCUT2D eigenvalue weighted by Crippen LogP contribution is -2.24. The van der Waals surface area contributed by atoms with E-state index in [4.69, 9.17) is 9.47 Å². The van der Waals surface area contributed by atoms with E-state index in [0.717, 1.165) is 11.3 Å². The van der Waals surface area contributed by atoms with Crippen LogP contribution in [0.15, 0.2) is 54.6 Å². The minimum absolute atomic E-state index is 0.236. The number of amides is 1. The third kappa shape index (κ3) is 5.43. The van der Waals surface area contributed by atoms with E-state index in [0.29, 0.717) is 5.75 Å². The summed E-state index contributed by atoms with van der Waals surface area (Å²) in [5.74, 6) is -0.115. The second kappa shape index (κ2) is 8.72. The summed E-state index contributed by atoms with van der Waals surface area (Å²) in [5, 5.41) is 2.76. The van der Waals surface area contributed by atoms with Crippen molar-refractivity contribution in [3.8, 4) is 5.75 Å². The summed E-state index contributed by atoms with van der Waals surface area (Å²) in [6.07, 6.45) is 0. The Bertz CT molecular complexity index is 683. The van der Waals surface area contributed by atoms with Gasteiger partial charge in [0, 0.05) is 5.69 Å². The Morgan fingerprint density at radius 3 is 2.33 bits per heavy atom. The third-order valence-corrected chi connectivity index (χ3v) is 3.32. The van der Waals surface area contributed by atoms with Gasteiger partial charge in [0.2, 0.25) is 0 Å². The summed E-state index contributed by atoms with van der Waals surface area (Å²) < 4.78 is 10.2. The summed E-state index contributed by atoms with van der Waals surface area (Å²) in [7, 11) is 0. The monoisotopic (exact) mass is 327 g/mol. The lowest BCUT2D eigenvalue weighted by atomic mass is 10.0. The quantitative estimate of drug-likeness (QED) is 0.792. The molecule has 0 spiro atoms. The average molecular weight is 327 g/mol. The predicted molar refractivity (Wildman–Crippen MR) is 92.1 cm³/mol. The summed E-state index contributed by atoms with van der Waals surface area (Å²) in [4.78, 5) is 23.6. The van der Waals surface area contributed by atoms with Crippen LogP contribution in [0.3, 0.4) is 0 Å². The molecule has 0 saturated carbocycles. The van der Waals surface area contributed by atoms with Crippen LogP contribution in [0.5, 0.6) is 5.75 Å². The number of carbonyl (C=O) groups is 2. The number of nitrogens with one attached hydrogen (secondary N) is 1. The van der Waals surface area contributed by atoms with Gasteiger partial charge in [0.1, 0.15) is 5.75 Å². The van der Waals surface area contributed by atoms with Crippen LogP contribution >= 0.6 is 0 Å². The van der Waals surface area contributed by atoms with Gasteiger partial charge in [-0.1, -0.05) is 50.2 Å². The first kappa shape index (κ1) is 17.5. The van der Waals surface area contributed by atoms with Crippen LogP contribution in [0.25, 0.3) is 0 Å². The molecule has 0 bridgehead atoms. The smallest absolute Gasteiger partial charge is 0.344 e. The number of hydrogen-bond acceptors (Lipinski definition) is 4. The normalized spacial score (nSPS) is 10.3. The Labute approximate surface area is 141 Å². The minimum Gasteiger partial charge on any atom is -0.482 e. The maximum absolute atomic E-state index is 11.9. The van der Waals surface area contributed by atoms with E-state index in [-0.39, 0.29) is 25.0 Å². The molecule has 0 atom stereocenters. The fraction of sp³-hybridized carbons (Fsp3) is 0.263. The van der Waals surface area contributed by atoms with Gasteiger partial charge in [-0.2, -0.15) is 0 Å². The molecule has 5 heteroatoms. The third-order valence-electron chi connectivity index (χ3n) is 3.32. The van der Waals surface area contributed by atoms with Crippen LogP contribution in [0.2, 0.25) is 0 Å². The standard InChI is InChI=1S/C19H21NO4/c1-14(2)16-10-6-7-11-17(16)20-18(21)12-24-19(22)13-23-15-8-4-3-5-9-15/h3-11,14H,12-13H2,1-2H3,(H,20,21). The first-order valence-electron chi connectivity index (χ1n) is 7.78. The first-order valence-corrected chi connectivity index (χ1v) is 7.78. The van der Waals surface area contributed by atoms with Crippen molar-refractivity contribution in [3.63, 3.8) is 0 Å². The lowest BCUT2D eigenvalue weighted by molar-refractivity contribution is -0.149. The van der Waals surface area contributed by atoms with Crippen LogP contribution in [-0.4, -0.2) is 25.1 Å². The van der Waals surface area contributed by atoms with Crippen LogP contribution in [0.1, 0.15) is 25.3 Å². The van der Waals surface area contributed by atoms with Crippen LogP contribution in [0, 0.1) is 0 Å². The summed E-state index contributed by atoms with van der Waals surface area (Å²) in [6, 6.07) is 16.5. The summed E-state index contributed by atoms with van der Waals surface area (Å²) in [5.41, 5.74) is 1.76. The number of ether oxygens (including phenoxy) is 2. The van der Waals surface area contributed by atoms with Crippen molar-refractivity contribution in [1.82, 2.24) is 0 Å². The van der Waals surface area contributed by atoms with E-state index in [1.807, 2.05) is 44.2 Å². The number of anilines is 1. The van der Waals surface area contributed by atoms with Gasteiger partial charge >= 0.3 is 5.97 Å². The highest BCUT2D eigenvalue weighted by Crippen LogP contribution is 2.23. The molecular weight excluding hydrogens is 306 g/mol. The van der Waals surface area contributed by atoms with Crippen molar-refractivity contribution in [2.75, 3.05) is 18.5 Å². The highest BCUT2D eigenvalue weighted by molar-refractivity contribution is 5.93. The molecule has 0 saturated heterocycles. The molecule has 2 rings (SSSR count). The lowest BCUT2D eigenvalue weighted by Gasteiger charge is -2.13. The Kier molecular flexibility index (Phi) is 6.37. The zero-order valence-corrected chi connectivity index (χ0v) is 13.8. The molecule has 0 fully saturated rings. The number of hydrogen-bond donors (Lipinski definition) is 1. The van der Waals surface area contributed by atoms with Gasteiger partial charge in [-0.3, -0.25) is 4.79 Å².